The Hall–Kier alpha value is -2.95. The Morgan fingerprint density at radius 2 is 1.91 bits per heavy atom. The Morgan fingerprint density at radius 3 is 2.64 bits per heavy atom. The molecule has 0 fully saturated rings. The van der Waals surface area contributed by atoms with E-state index in [1.54, 1.807) is 24.3 Å². The third kappa shape index (κ3) is 4.86. The van der Waals surface area contributed by atoms with E-state index in [0.29, 0.717) is 11.3 Å². The zero-order chi connectivity index (χ0) is 15.8. The minimum atomic E-state index is -0.342. The number of anilines is 1. The van der Waals surface area contributed by atoms with Gasteiger partial charge in [-0.2, -0.15) is 0 Å². The summed E-state index contributed by atoms with van der Waals surface area (Å²) < 4.78 is 0. The summed E-state index contributed by atoms with van der Waals surface area (Å²) in [5, 5.41) is 6.37. The quantitative estimate of drug-likeness (QED) is 0.506. The van der Waals surface area contributed by atoms with E-state index in [-0.39, 0.29) is 18.3 Å². The number of hydrogen-bond acceptors (Lipinski definition) is 4. The Labute approximate surface area is 128 Å². The molecule has 0 aliphatic carbocycles. The number of nitrogens with zero attached hydrogens (tertiary/aromatic N) is 1. The number of benzene rings is 2. The van der Waals surface area contributed by atoms with E-state index in [1.165, 1.54) is 13.1 Å². The summed E-state index contributed by atoms with van der Waals surface area (Å²) in [6, 6.07) is 16.2. The van der Waals surface area contributed by atoms with Crippen LogP contribution in [0.1, 0.15) is 22.8 Å². The number of hydrogen-bond donors (Lipinski definition) is 1. The van der Waals surface area contributed by atoms with Gasteiger partial charge in [-0.1, -0.05) is 47.6 Å². The van der Waals surface area contributed by atoms with Gasteiger partial charge < -0.3 is 10.2 Å². The maximum Gasteiger partial charge on any atom is 0.265 e. The standard InChI is InChI=1S/C17H16N2O3/c1-13(20)15-8-5-9-16(10-15)19-17(21)12-22-18-11-14-6-3-2-4-7-14/h2-11H,12H2,1H3,(H,19,21)/b18-11+. The van der Waals surface area contributed by atoms with Gasteiger partial charge in [-0.25, -0.2) is 0 Å². The summed E-state index contributed by atoms with van der Waals surface area (Å²) >= 11 is 0. The first-order chi connectivity index (χ1) is 10.6. The zero-order valence-corrected chi connectivity index (χ0v) is 12.2. The summed E-state index contributed by atoms with van der Waals surface area (Å²) in [5.41, 5.74) is 1.98. The van der Waals surface area contributed by atoms with Gasteiger partial charge in [0.05, 0.1) is 6.21 Å². The van der Waals surface area contributed by atoms with Crippen molar-refractivity contribution in [3.63, 3.8) is 0 Å². The van der Waals surface area contributed by atoms with Crippen LogP contribution in [0.15, 0.2) is 59.8 Å². The van der Waals surface area contributed by atoms with E-state index in [4.69, 9.17) is 4.84 Å². The number of amides is 1. The lowest BCUT2D eigenvalue weighted by Crippen LogP contribution is -2.17. The van der Waals surface area contributed by atoms with Crippen molar-refractivity contribution in [2.24, 2.45) is 5.16 Å². The lowest BCUT2D eigenvalue weighted by atomic mass is 10.1. The molecule has 0 heterocycles. The second kappa shape index (κ2) is 7.73. The topological polar surface area (TPSA) is 67.8 Å². The van der Waals surface area contributed by atoms with Gasteiger partial charge in [0.1, 0.15) is 0 Å². The Bertz CT molecular complexity index is 681. The first-order valence-electron chi connectivity index (χ1n) is 6.76. The van der Waals surface area contributed by atoms with Crippen molar-refractivity contribution in [1.29, 1.82) is 0 Å². The molecule has 112 valence electrons. The first kappa shape index (κ1) is 15.4. The molecule has 0 aliphatic heterocycles. The SMILES string of the molecule is CC(=O)c1cccc(NC(=O)CO/N=C/c2ccccc2)c1. The van der Waals surface area contributed by atoms with Gasteiger partial charge in [0.15, 0.2) is 12.4 Å². The molecule has 0 unspecified atom stereocenters. The van der Waals surface area contributed by atoms with E-state index < -0.39 is 0 Å². The number of ketones is 1. The highest BCUT2D eigenvalue weighted by Gasteiger charge is 2.05. The number of oxime groups is 1. The van der Waals surface area contributed by atoms with E-state index in [1.807, 2.05) is 30.3 Å². The molecule has 2 aromatic rings. The molecule has 0 atom stereocenters. The number of carbonyl (C=O) groups excluding carboxylic acids is 2. The average Bonchev–Trinajstić information content (AvgIpc) is 2.53. The predicted octanol–water partition coefficient (Wildman–Crippen LogP) is 2.88. The summed E-state index contributed by atoms with van der Waals surface area (Å²) in [7, 11) is 0. The van der Waals surface area contributed by atoms with Gasteiger partial charge in [0.2, 0.25) is 0 Å². The highest BCUT2D eigenvalue weighted by molar-refractivity contribution is 5.97. The average molecular weight is 296 g/mol. The van der Waals surface area contributed by atoms with Crippen LogP contribution in [0.25, 0.3) is 0 Å². The van der Waals surface area contributed by atoms with Crippen molar-refractivity contribution in [2.75, 3.05) is 11.9 Å². The molecule has 2 rings (SSSR count). The molecule has 0 saturated heterocycles. The molecule has 1 N–H and O–H groups in total. The van der Waals surface area contributed by atoms with E-state index in [0.717, 1.165) is 5.56 Å². The van der Waals surface area contributed by atoms with Gasteiger partial charge in [0, 0.05) is 11.3 Å². The normalized spacial score (nSPS) is 10.4. The summed E-state index contributed by atoms with van der Waals surface area (Å²) in [6.07, 6.45) is 1.53. The molecule has 5 nitrogen and oxygen atoms in total. The molecule has 0 spiro atoms. The Kier molecular flexibility index (Phi) is 5.43. The van der Waals surface area contributed by atoms with Crippen molar-refractivity contribution in [2.45, 2.75) is 6.92 Å². The number of Topliss-reactive ketones (excluding diaryl/α,β-unsaturated/α-hetero) is 1. The molecule has 0 radical (unpaired) electrons. The van der Waals surface area contributed by atoms with Crippen LogP contribution in [-0.4, -0.2) is 24.5 Å². The van der Waals surface area contributed by atoms with Crippen molar-refractivity contribution < 1.29 is 14.4 Å². The highest BCUT2D eigenvalue weighted by Crippen LogP contribution is 2.11. The fourth-order valence-electron chi connectivity index (χ4n) is 1.75. The van der Waals surface area contributed by atoms with Crippen LogP contribution >= 0.6 is 0 Å². The minimum absolute atomic E-state index is 0.0557. The number of rotatable bonds is 6. The largest absolute Gasteiger partial charge is 0.386 e. The van der Waals surface area contributed by atoms with Crippen LogP contribution in [0.4, 0.5) is 5.69 Å². The molecule has 0 bridgehead atoms. The van der Waals surface area contributed by atoms with E-state index in [9.17, 15) is 9.59 Å². The minimum Gasteiger partial charge on any atom is -0.386 e. The summed E-state index contributed by atoms with van der Waals surface area (Å²) in [6.45, 7) is 1.27. The fraction of sp³-hybridized carbons (Fsp3) is 0.118. The third-order valence-electron chi connectivity index (χ3n) is 2.82. The molecule has 2 aromatic carbocycles. The highest BCUT2D eigenvalue weighted by atomic mass is 16.6. The summed E-state index contributed by atoms with van der Waals surface area (Å²) in [4.78, 5) is 27.9. The molecule has 5 heteroatoms. The smallest absolute Gasteiger partial charge is 0.265 e. The molecule has 0 aliphatic rings. The number of carbonyl (C=O) groups is 2. The molecule has 0 saturated carbocycles. The molecule has 1 amide bonds. The van der Waals surface area contributed by atoms with Crippen molar-refractivity contribution >= 4 is 23.6 Å². The van der Waals surface area contributed by atoms with E-state index in [2.05, 4.69) is 10.5 Å². The molecular formula is C17H16N2O3. The lowest BCUT2D eigenvalue weighted by Gasteiger charge is -2.05. The predicted molar refractivity (Wildman–Crippen MR) is 85.1 cm³/mol. The Balaban J connectivity index is 1.82. The molecule has 0 aromatic heterocycles. The third-order valence-corrected chi connectivity index (χ3v) is 2.82. The zero-order valence-electron chi connectivity index (χ0n) is 12.2. The monoisotopic (exact) mass is 296 g/mol. The van der Waals surface area contributed by atoms with Crippen LogP contribution in [0.2, 0.25) is 0 Å². The number of nitrogens with one attached hydrogen (secondary N) is 1. The maximum absolute atomic E-state index is 11.7. The van der Waals surface area contributed by atoms with Crippen LogP contribution in [0.5, 0.6) is 0 Å². The van der Waals surface area contributed by atoms with E-state index >= 15 is 0 Å². The van der Waals surface area contributed by atoms with Gasteiger partial charge in [-0.05, 0) is 24.6 Å². The molecular weight excluding hydrogens is 280 g/mol. The van der Waals surface area contributed by atoms with Gasteiger partial charge in [-0.3, -0.25) is 9.59 Å². The van der Waals surface area contributed by atoms with Crippen LogP contribution in [0, 0.1) is 0 Å². The second-order valence-electron chi connectivity index (χ2n) is 4.60. The van der Waals surface area contributed by atoms with Crippen molar-refractivity contribution in [3.8, 4) is 0 Å². The summed E-state index contributed by atoms with van der Waals surface area (Å²) in [5.74, 6) is -0.397. The van der Waals surface area contributed by atoms with Crippen LogP contribution in [0.3, 0.4) is 0 Å². The lowest BCUT2D eigenvalue weighted by molar-refractivity contribution is -0.120. The van der Waals surface area contributed by atoms with Gasteiger partial charge in [-0.15, -0.1) is 0 Å². The maximum atomic E-state index is 11.7. The van der Waals surface area contributed by atoms with Crippen LogP contribution in [-0.2, 0) is 9.63 Å². The Morgan fingerprint density at radius 1 is 1.14 bits per heavy atom. The van der Waals surface area contributed by atoms with Crippen molar-refractivity contribution in [1.82, 2.24) is 0 Å². The van der Waals surface area contributed by atoms with Crippen molar-refractivity contribution in [3.05, 3.63) is 65.7 Å². The van der Waals surface area contributed by atoms with Gasteiger partial charge >= 0.3 is 0 Å². The fourth-order valence-corrected chi connectivity index (χ4v) is 1.75. The van der Waals surface area contributed by atoms with Gasteiger partial charge in [0.25, 0.3) is 5.91 Å². The van der Waals surface area contributed by atoms with Crippen LogP contribution < -0.4 is 5.32 Å². The first-order valence-corrected chi connectivity index (χ1v) is 6.76. The second-order valence-corrected chi connectivity index (χ2v) is 4.60. The molecule has 22 heavy (non-hydrogen) atoms.